The highest BCUT2D eigenvalue weighted by molar-refractivity contribution is 5.74. The summed E-state index contributed by atoms with van der Waals surface area (Å²) in [6, 6.07) is 1.39. The maximum Gasteiger partial charge on any atom is 0.416 e. The molecule has 0 aliphatic rings. The molecule has 0 radical (unpaired) electrons. The normalized spacial score (nSPS) is 13.2. The number of carbonyl (C=O) groups excluding carboxylic acids is 1. The predicted octanol–water partition coefficient (Wildman–Crippen LogP) is 1.78. The topological polar surface area (TPSA) is 68.0 Å². The van der Waals surface area contributed by atoms with Crippen molar-refractivity contribution in [1.29, 1.82) is 0 Å². The Morgan fingerprint density at radius 3 is 2.76 bits per heavy atom. The molecule has 4 nitrogen and oxygen atoms in total. The van der Waals surface area contributed by atoms with E-state index in [2.05, 4.69) is 10.3 Å². The largest absolute Gasteiger partial charge is 0.416 e. The molecule has 0 aromatic carbocycles. The van der Waals surface area contributed by atoms with Crippen molar-refractivity contribution in [3.63, 3.8) is 0 Å². The van der Waals surface area contributed by atoms with Crippen LogP contribution in [0.1, 0.15) is 18.9 Å². The number of alkyl halides is 3. The maximum absolute atomic E-state index is 12.4. The first kappa shape index (κ1) is 13.3. The molecular formula is C10H12F3N3O. The van der Waals surface area contributed by atoms with E-state index in [1.54, 1.807) is 6.92 Å². The number of anilines is 1. The molecule has 94 valence electrons. The highest BCUT2D eigenvalue weighted by Crippen LogP contribution is 2.29. The third kappa shape index (κ3) is 4.29. The lowest BCUT2D eigenvalue weighted by Crippen LogP contribution is -2.24. The smallest absolute Gasteiger partial charge is 0.370 e. The van der Waals surface area contributed by atoms with Gasteiger partial charge >= 0.3 is 6.18 Å². The minimum absolute atomic E-state index is 0.0257. The number of aromatic nitrogens is 1. The lowest BCUT2D eigenvalue weighted by molar-refractivity contribution is -0.137. The van der Waals surface area contributed by atoms with Crippen LogP contribution in [0.2, 0.25) is 0 Å². The lowest BCUT2D eigenvalue weighted by atomic mass is 10.2. The molecule has 1 aromatic rings. The summed E-state index contributed by atoms with van der Waals surface area (Å²) in [7, 11) is 0. The van der Waals surface area contributed by atoms with Crippen LogP contribution in [0.15, 0.2) is 18.3 Å². The van der Waals surface area contributed by atoms with Crippen molar-refractivity contribution in [2.75, 3.05) is 5.32 Å². The fourth-order valence-corrected chi connectivity index (χ4v) is 1.29. The SMILES string of the molecule is CC(CC(N)=O)Nc1cc(C(F)(F)F)ccn1. The van der Waals surface area contributed by atoms with Crippen molar-refractivity contribution >= 4 is 11.7 Å². The number of rotatable bonds is 4. The van der Waals surface area contributed by atoms with E-state index in [-0.39, 0.29) is 18.3 Å². The molecule has 0 aliphatic heterocycles. The van der Waals surface area contributed by atoms with E-state index in [0.717, 1.165) is 18.3 Å². The molecule has 3 N–H and O–H groups in total. The molecule has 0 aliphatic carbocycles. The summed E-state index contributed by atoms with van der Waals surface area (Å²) in [5, 5.41) is 2.67. The Kier molecular flexibility index (Phi) is 3.93. The summed E-state index contributed by atoms with van der Waals surface area (Å²) < 4.78 is 37.2. The van der Waals surface area contributed by atoms with E-state index in [4.69, 9.17) is 5.73 Å². The van der Waals surface area contributed by atoms with Crippen molar-refractivity contribution in [2.45, 2.75) is 25.6 Å². The van der Waals surface area contributed by atoms with E-state index < -0.39 is 17.6 Å². The number of hydrogen-bond acceptors (Lipinski definition) is 3. The molecular weight excluding hydrogens is 235 g/mol. The van der Waals surface area contributed by atoms with Gasteiger partial charge in [-0.25, -0.2) is 4.98 Å². The van der Waals surface area contributed by atoms with Crippen LogP contribution in [0, 0.1) is 0 Å². The average molecular weight is 247 g/mol. The standard InChI is InChI=1S/C10H12F3N3O/c1-6(4-8(14)17)16-9-5-7(2-3-15-9)10(11,12)13/h2-3,5-6H,4H2,1H3,(H2,14,17)(H,15,16). The van der Waals surface area contributed by atoms with Gasteiger partial charge in [-0.1, -0.05) is 0 Å². The summed E-state index contributed by atoms with van der Waals surface area (Å²) in [4.78, 5) is 14.3. The highest BCUT2D eigenvalue weighted by atomic mass is 19.4. The van der Waals surface area contributed by atoms with Crippen LogP contribution in [0.4, 0.5) is 19.0 Å². The molecule has 0 bridgehead atoms. The quantitative estimate of drug-likeness (QED) is 0.852. The molecule has 0 fully saturated rings. The zero-order valence-electron chi connectivity index (χ0n) is 9.08. The van der Waals surface area contributed by atoms with Gasteiger partial charge in [-0.2, -0.15) is 13.2 Å². The van der Waals surface area contributed by atoms with Crippen LogP contribution in [0.25, 0.3) is 0 Å². The van der Waals surface area contributed by atoms with Gasteiger partial charge < -0.3 is 11.1 Å². The Balaban J connectivity index is 2.76. The van der Waals surface area contributed by atoms with Crippen molar-refractivity contribution in [3.05, 3.63) is 23.9 Å². The van der Waals surface area contributed by atoms with E-state index in [9.17, 15) is 18.0 Å². The minimum atomic E-state index is -4.41. The van der Waals surface area contributed by atoms with Crippen LogP contribution < -0.4 is 11.1 Å². The average Bonchev–Trinajstić information content (AvgIpc) is 2.15. The third-order valence-corrected chi connectivity index (χ3v) is 1.99. The molecule has 1 atom stereocenters. The second-order valence-electron chi connectivity index (χ2n) is 3.64. The Morgan fingerprint density at radius 1 is 1.59 bits per heavy atom. The first-order chi connectivity index (χ1) is 7.79. The summed E-state index contributed by atoms with van der Waals surface area (Å²) in [5.74, 6) is -0.467. The zero-order valence-corrected chi connectivity index (χ0v) is 9.08. The molecule has 7 heteroatoms. The van der Waals surface area contributed by atoms with E-state index in [1.165, 1.54) is 0 Å². The van der Waals surface area contributed by atoms with Crippen LogP contribution in [0.3, 0.4) is 0 Å². The molecule has 0 saturated heterocycles. The van der Waals surface area contributed by atoms with E-state index in [0.29, 0.717) is 0 Å². The Hall–Kier alpha value is -1.79. The number of halogens is 3. The number of nitrogens with zero attached hydrogens (tertiary/aromatic N) is 1. The number of hydrogen-bond donors (Lipinski definition) is 2. The number of nitrogens with two attached hydrogens (primary N) is 1. The van der Waals surface area contributed by atoms with Crippen molar-refractivity contribution in [3.8, 4) is 0 Å². The zero-order chi connectivity index (χ0) is 13.1. The Labute approximate surface area is 96.0 Å². The van der Waals surface area contributed by atoms with Gasteiger partial charge in [0.1, 0.15) is 5.82 Å². The molecule has 1 amide bonds. The highest BCUT2D eigenvalue weighted by Gasteiger charge is 2.30. The van der Waals surface area contributed by atoms with Gasteiger partial charge in [0.2, 0.25) is 5.91 Å². The van der Waals surface area contributed by atoms with E-state index >= 15 is 0 Å². The van der Waals surface area contributed by atoms with Crippen LogP contribution in [-0.4, -0.2) is 16.9 Å². The van der Waals surface area contributed by atoms with Crippen LogP contribution in [-0.2, 0) is 11.0 Å². The summed E-state index contributed by atoms with van der Waals surface area (Å²) in [6.07, 6.45) is -3.33. The molecule has 17 heavy (non-hydrogen) atoms. The molecule has 0 spiro atoms. The predicted molar refractivity (Wildman–Crippen MR) is 56.1 cm³/mol. The van der Waals surface area contributed by atoms with Gasteiger partial charge in [-0.05, 0) is 19.1 Å². The Bertz CT molecular complexity index is 406. The van der Waals surface area contributed by atoms with Crippen molar-refractivity contribution < 1.29 is 18.0 Å². The molecule has 1 rings (SSSR count). The number of carbonyl (C=O) groups is 1. The van der Waals surface area contributed by atoms with Gasteiger partial charge in [0.25, 0.3) is 0 Å². The van der Waals surface area contributed by atoms with Crippen LogP contribution >= 0.6 is 0 Å². The summed E-state index contributed by atoms with van der Waals surface area (Å²) in [6.45, 7) is 1.63. The first-order valence-corrected chi connectivity index (χ1v) is 4.87. The van der Waals surface area contributed by atoms with Gasteiger partial charge in [-0.3, -0.25) is 4.79 Å². The third-order valence-electron chi connectivity index (χ3n) is 1.99. The molecule has 0 saturated carbocycles. The van der Waals surface area contributed by atoms with Crippen molar-refractivity contribution in [1.82, 2.24) is 4.98 Å². The molecule has 1 unspecified atom stereocenters. The number of primary amides is 1. The number of amides is 1. The summed E-state index contributed by atoms with van der Waals surface area (Å²) >= 11 is 0. The second kappa shape index (κ2) is 5.03. The van der Waals surface area contributed by atoms with Gasteiger partial charge in [-0.15, -0.1) is 0 Å². The van der Waals surface area contributed by atoms with Gasteiger partial charge in [0, 0.05) is 18.7 Å². The molecule has 1 heterocycles. The van der Waals surface area contributed by atoms with Crippen LogP contribution in [0.5, 0.6) is 0 Å². The number of nitrogens with one attached hydrogen (secondary N) is 1. The number of pyridine rings is 1. The molecule has 1 aromatic heterocycles. The summed E-state index contributed by atoms with van der Waals surface area (Å²) in [5.41, 5.74) is 4.18. The fourth-order valence-electron chi connectivity index (χ4n) is 1.29. The maximum atomic E-state index is 12.4. The Morgan fingerprint density at radius 2 is 2.24 bits per heavy atom. The van der Waals surface area contributed by atoms with Gasteiger partial charge in [0.05, 0.1) is 5.56 Å². The van der Waals surface area contributed by atoms with E-state index in [1.807, 2.05) is 0 Å². The first-order valence-electron chi connectivity index (χ1n) is 4.87. The minimum Gasteiger partial charge on any atom is -0.370 e. The lowest BCUT2D eigenvalue weighted by Gasteiger charge is -2.14. The fraction of sp³-hybridized carbons (Fsp3) is 0.400. The second-order valence-corrected chi connectivity index (χ2v) is 3.64. The van der Waals surface area contributed by atoms with Crippen molar-refractivity contribution in [2.24, 2.45) is 5.73 Å². The van der Waals surface area contributed by atoms with Gasteiger partial charge in [0.15, 0.2) is 0 Å². The monoisotopic (exact) mass is 247 g/mol.